The molecule has 0 N–H and O–H groups in total. The van der Waals surface area contributed by atoms with Crippen molar-refractivity contribution in [1.29, 1.82) is 0 Å². The molecule has 0 aliphatic carbocycles. The Balaban J connectivity index is 0.00000261. The minimum Gasteiger partial charge on any atom is -0.379 e. The normalized spacial score (nSPS) is 19.2. The van der Waals surface area contributed by atoms with Crippen LogP contribution in [0.15, 0.2) is 6.08 Å². The number of benzene rings is 1. The van der Waals surface area contributed by atoms with E-state index in [-0.39, 0.29) is 12.4 Å². The van der Waals surface area contributed by atoms with E-state index in [9.17, 15) is 17.6 Å². The standard InChI is InChI=1S/C19H24F4N2O.ClH/c20-15-14(6-5-7-24-10-12-26-13-11-24)16(21)18(23)19(17(15)22)25-8-3-1-2-4-9-25;/h5-6H,1-4,7-13H2;1H/b6-5+;. The Kier molecular flexibility index (Phi) is 8.38. The van der Waals surface area contributed by atoms with Crippen LogP contribution in [-0.4, -0.2) is 50.8 Å². The smallest absolute Gasteiger partial charge is 0.185 e. The minimum absolute atomic E-state index is 0. The van der Waals surface area contributed by atoms with E-state index in [1.54, 1.807) is 0 Å². The summed E-state index contributed by atoms with van der Waals surface area (Å²) in [7, 11) is 0. The summed E-state index contributed by atoms with van der Waals surface area (Å²) in [6.07, 6.45) is 6.06. The zero-order valence-corrected chi connectivity index (χ0v) is 16.0. The summed E-state index contributed by atoms with van der Waals surface area (Å²) in [5.41, 5.74) is -1.24. The van der Waals surface area contributed by atoms with E-state index < -0.39 is 34.5 Å². The van der Waals surface area contributed by atoms with Gasteiger partial charge in [0.05, 0.1) is 18.8 Å². The Labute approximate surface area is 163 Å². The maximum absolute atomic E-state index is 14.5. The second-order valence-electron chi connectivity index (χ2n) is 6.73. The molecule has 0 spiro atoms. The summed E-state index contributed by atoms with van der Waals surface area (Å²) < 4.78 is 63.1. The van der Waals surface area contributed by atoms with Gasteiger partial charge < -0.3 is 9.64 Å². The largest absolute Gasteiger partial charge is 0.379 e. The molecular weight excluding hydrogens is 384 g/mol. The highest BCUT2D eigenvalue weighted by molar-refractivity contribution is 5.85. The molecule has 152 valence electrons. The van der Waals surface area contributed by atoms with Crippen LogP contribution >= 0.6 is 12.4 Å². The van der Waals surface area contributed by atoms with Crippen molar-refractivity contribution >= 4 is 24.2 Å². The van der Waals surface area contributed by atoms with Gasteiger partial charge in [0, 0.05) is 32.7 Å². The van der Waals surface area contributed by atoms with Crippen LogP contribution in [0.5, 0.6) is 0 Å². The van der Waals surface area contributed by atoms with Gasteiger partial charge >= 0.3 is 0 Å². The van der Waals surface area contributed by atoms with Crippen molar-refractivity contribution < 1.29 is 22.3 Å². The highest BCUT2D eigenvalue weighted by Crippen LogP contribution is 2.33. The molecule has 0 radical (unpaired) electrons. The van der Waals surface area contributed by atoms with E-state index in [4.69, 9.17) is 4.74 Å². The number of hydrogen-bond acceptors (Lipinski definition) is 3. The quantitative estimate of drug-likeness (QED) is 0.543. The van der Waals surface area contributed by atoms with Crippen molar-refractivity contribution in [2.24, 2.45) is 0 Å². The van der Waals surface area contributed by atoms with E-state index in [0.717, 1.165) is 31.8 Å². The van der Waals surface area contributed by atoms with Crippen LogP contribution in [0.4, 0.5) is 23.2 Å². The van der Waals surface area contributed by atoms with Crippen molar-refractivity contribution in [3.05, 3.63) is 34.9 Å². The molecule has 27 heavy (non-hydrogen) atoms. The zero-order valence-electron chi connectivity index (χ0n) is 15.2. The first-order chi connectivity index (χ1) is 12.6. The third-order valence-electron chi connectivity index (χ3n) is 4.95. The van der Waals surface area contributed by atoms with Crippen LogP contribution in [0.25, 0.3) is 6.08 Å². The van der Waals surface area contributed by atoms with Gasteiger partial charge in [0.25, 0.3) is 0 Å². The Hall–Kier alpha value is -1.31. The number of morpholine rings is 1. The first-order valence-electron chi connectivity index (χ1n) is 9.17. The molecule has 0 saturated carbocycles. The molecule has 0 aromatic heterocycles. The van der Waals surface area contributed by atoms with Gasteiger partial charge in [-0.05, 0) is 12.8 Å². The average Bonchev–Trinajstić information content (AvgIpc) is 2.93. The molecule has 0 bridgehead atoms. The predicted molar refractivity (Wildman–Crippen MR) is 100 cm³/mol. The van der Waals surface area contributed by atoms with Gasteiger partial charge in [-0.2, -0.15) is 0 Å². The zero-order chi connectivity index (χ0) is 18.5. The van der Waals surface area contributed by atoms with Gasteiger partial charge in [-0.1, -0.05) is 25.0 Å². The van der Waals surface area contributed by atoms with Gasteiger partial charge in [0.1, 0.15) is 5.69 Å². The van der Waals surface area contributed by atoms with Crippen molar-refractivity contribution in [1.82, 2.24) is 4.90 Å². The van der Waals surface area contributed by atoms with Crippen LogP contribution in [0.1, 0.15) is 31.2 Å². The van der Waals surface area contributed by atoms with Gasteiger partial charge in [0.2, 0.25) is 0 Å². The monoisotopic (exact) mass is 408 g/mol. The second kappa shape index (κ2) is 10.3. The first kappa shape index (κ1) is 22.0. The predicted octanol–water partition coefficient (Wildman–Crippen LogP) is 4.39. The average molecular weight is 409 g/mol. The fourth-order valence-electron chi connectivity index (χ4n) is 3.46. The van der Waals surface area contributed by atoms with E-state index in [0.29, 0.717) is 45.9 Å². The number of rotatable bonds is 4. The molecular formula is C19H25ClF4N2O. The fraction of sp³-hybridized carbons (Fsp3) is 0.579. The Morgan fingerprint density at radius 3 is 1.89 bits per heavy atom. The van der Waals surface area contributed by atoms with Crippen LogP contribution in [0, 0.1) is 23.3 Å². The van der Waals surface area contributed by atoms with E-state index in [1.165, 1.54) is 11.0 Å². The summed E-state index contributed by atoms with van der Waals surface area (Å²) in [5, 5.41) is 0. The lowest BCUT2D eigenvalue weighted by molar-refractivity contribution is 0.0435. The van der Waals surface area contributed by atoms with Crippen LogP contribution < -0.4 is 4.90 Å². The molecule has 0 unspecified atom stereocenters. The van der Waals surface area contributed by atoms with Crippen LogP contribution in [0.2, 0.25) is 0 Å². The van der Waals surface area contributed by atoms with Crippen molar-refractivity contribution in [2.75, 3.05) is 50.8 Å². The van der Waals surface area contributed by atoms with Crippen molar-refractivity contribution in [2.45, 2.75) is 25.7 Å². The molecule has 2 aliphatic rings. The molecule has 2 saturated heterocycles. The SMILES string of the molecule is Cl.Fc1c(F)c(N2CCCCCC2)c(F)c(F)c1/C=C/CN1CCOCC1. The number of hydrogen-bond donors (Lipinski definition) is 0. The van der Waals surface area contributed by atoms with Gasteiger partial charge in [0.15, 0.2) is 23.3 Å². The molecule has 2 aliphatic heterocycles. The topological polar surface area (TPSA) is 15.7 Å². The fourth-order valence-corrected chi connectivity index (χ4v) is 3.46. The van der Waals surface area contributed by atoms with Crippen LogP contribution in [-0.2, 0) is 4.74 Å². The van der Waals surface area contributed by atoms with Crippen LogP contribution in [0.3, 0.4) is 0 Å². The number of halogens is 5. The summed E-state index contributed by atoms with van der Waals surface area (Å²) >= 11 is 0. The van der Waals surface area contributed by atoms with Gasteiger partial charge in [-0.15, -0.1) is 12.4 Å². The third kappa shape index (κ3) is 5.15. The second-order valence-corrected chi connectivity index (χ2v) is 6.73. The maximum Gasteiger partial charge on any atom is 0.185 e. The molecule has 0 amide bonds. The molecule has 1 aromatic carbocycles. The van der Waals surface area contributed by atoms with Gasteiger partial charge in [-0.3, -0.25) is 4.90 Å². The van der Waals surface area contributed by atoms with Crippen molar-refractivity contribution in [3.8, 4) is 0 Å². The molecule has 1 aromatic rings. The maximum atomic E-state index is 14.5. The highest BCUT2D eigenvalue weighted by atomic mass is 35.5. The third-order valence-corrected chi connectivity index (χ3v) is 4.95. The van der Waals surface area contributed by atoms with E-state index in [1.807, 2.05) is 4.90 Å². The molecule has 3 rings (SSSR count). The summed E-state index contributed by atoms with van der Waals surface area (Å²) in [6.45, 7) is 3.88. The molecule has 2 fully saturated rings. The molecule has 3 nitrogen and oxygen atoms in total. The highest BCUT2D eigenvalue weighted by Gasteiger charge is 2.28. The molecule has 2 heterocycles. The number of anilines is 1. The Morgan fingerprint density at radius 2 is 1.33 bits per heavy atom. The minimum atomic E-state index is -1.33. The summed E-state index contributed by atoms with van der Waals surface area (Å²) in [6, 6.07) is 0. The lowest BCUT2D eigenvalue weighted by Crippen LogP contribution is -2.36. The number of nitrogens with zero attached hydrogens (tertiary/aromatic N) is 2. The van der Waals surface area contributed by atoms with Crippen molar-refractivity contribution in [3.63, 3.8) is 0 Å². The van der Waals surface area contributed by atoms with Gasteiger partial charge in [-0.25, -0.2) is 17.6 Å². The molecule has 8 heteroatoms. The lowest BCUT2D eigenvalue weighted by atomic mass is 10.1. The Morgan fingerprint density at radius 1 is 0.778 bits per heavy atom. The summed E-state index contributed by atoms with van der Waals surface area (Å²) in [4.78, 5) is 3.46. The molecule has 0 atom stereocenters. The van der Waals surface area contributed by atoms with E-state index >= 15 is 0 Å². The first-order valence-corrected chi connectivity index (χ1v) is 9.17. The lowest BCUT2D eigenvalue weighted by Gasteiger charge is -2.25. The van der Waals surface area contributed by atoms with E-state index in [2.05, 4.69) is 0 Å². The Bertz CT molecular complexity index is 629. The summed E-state index contributed by atoms with van der Waals surface area (Å²) in [5.74, 6) is -5.28. The number of ether oxygens (including phenoxy) is 1.